The number of hydrogen-bond donors (Lipinski definition) is 1. The van der Waals surface area contributed by atoms with Gasteiger partial charge in [0.25, 0.3) is 11.8 Å². The Morgan fingerprint density at radius 1 is 1.32 bits per heavy atom. The van der Waals surface area contributed by atoms with Gasteiger partial charge in [-0.2, -0.15) is 0 Å². The number of methoxy groups -OCH3 is 1. The van der Waals surface area contributed by atoms with Gasteiger partial charge in [0.1, 0.15) is 0 Å². The zero-order valence-electron chi connectivity index (χ0n) is 10.5. The Kier molecular flexibility index (Phi) is 3.61. The fourth-order valence-corrected chi connectivity index (χ4v) is 1.47. The number of rotatable bonds is 4. The van der Waals surface area contributed by atoms with Crippen LogP contribution >= 0.6 is 0 Å². The summed E-state index contributed by atoms with van der Waals surface area (Å²) >= 11 is 0. The highest BCUT2D eigenvalue weighted by atomic mass is 16.5. The van der Waals surface area contributed by atoms with Crippen molar-refractivity contribution in [1.29, 1.82) is 0 Å². The van der Waals surface area contributed by atoms with E-state index < -0.39 is 5.91 Å². The number of hydrogen-bond acceptors (Lipinski definition) is 5. The van der Waals surface area contributed by atoms with Crippen molar-refractivity contribution in [2.24, 2.45) is 0 Å². The molecule has 1 N–H and O–H groups in total. The SMILES string of the molecule is COc1cc(C(=O)Nc2cccc(C(C)=O)c2)on1. The number of benzene rings is 1. The van der Waals surface area contributed by atoms with Crippen LogP contribution in [0.5, 0.6) is 5.88 Å². The van der Waals surface area contributed by atoms with Gasteiger partial charge in [-0.15, -0.1) is 0 Å². The van der Waals surface area contributed by atoms with E-state index in [1.165, 1.54) is 20.1 Å². The Hall–Kier alpha value is -2.63. The van der Waals surface area contributed by atoms with E-state index in [0.29, 0.717) is 11.3 Å². The van der Waals surface area contributed by atoms with Gasteiger partial charge in [0.15, 0.2) is 5.78 Å². The number of Topliss-reactive ketones (excluding diaryl/α,β-unsaturated/α-hetero) is 1. The average Bonchev–Trinajstić information content (AvgIpc) is 2.88. The molecule has 0 aliphatic rings. The Bertz CT molecular complexity index is 619. The topological polar surface area (TPSA) is 81.4 Å². The number of anilines is 1. The third kappa shape index (κ3) is 2.98. The number of nitrogens with one attached hydrogen (secondary N) is 1. The van der Waals surface area contributed by atoms with Crippen LogP contribution in [0.2, 0.25) is 0 Å². The summed E-state index contributed by atoms with van der Waals surface area (Å²) in [7, 11) is 1.43. The maximum atomic E-state index is 11.8. The Morgan fingerprint density at radius 2 is 2.11 bits per heavy atom. The van der Waals surface area contributed by atoms with Crippen molar-refractivity contribution >= 4 is 17.4 Å². The minimum absolute atomic E-state index is 0.0325. The molecule has 0 radical (unpaired) electrons. The number of carbonyl (C=O) groups is 2. The molecule has 2 rings (SSSR count). The summed E-state index contributed by atoms with van der Waals surface area (Å²) in [6.07, 6.45) is 0. The molecule has 0 spiro atoms. The molecule has 1 amide bonds. The van der Waals surface area contributed by atoms with Crippen molar-refractivity contribution in [1.82, 2.24) is 5.16 Å². The molecule has 6 heteroatoms. The number of carbonyl (C=O) groups excluding carboxylic acids is 2. The first kappa shape index (κ1) is 12.8. The average molecular weight is 260 g/mol. The minimum Gasteiger partial charge on any atom is -0.479 e. The van der Waals surface area contributed by atoms with Crippen molar-refractivity contribution in [2.45, 2.75) is 6.92 Å². The van der Waals surface area contributed by atoms with Gasteiger partial charge in [-0.1, -0.05) is 12.1 Å². The summed E-state index contributed by atoms with van der Waals surface area (Å²) in [5.74, 6) is -0.276. The van der Waals surface area contributed by atoms with E-state index in [2.05, 4.69) is 10.5 Å². The summed E-state index contributed by atoms with van der Waals surface area (Å²) in [6, 6.07) is 8.01. The fourth-order valence-electron chi connectivity index (χ4n) is 1.47. The molecule has 98 valence electrons. The Morgan fingerprint density at radius 3 is 2.74 bits per heavy atom. The zero-order chi connectivity index (χ0) is 13.8. The molecule has 2 aromatic rings. The highest BCUT2D eigenvalue weighted by molar-refractivity contribution is 6.03. The third-order valence-electron chi connectivity index (χ3n) is 2.45. The van der Waals surface area contributed by atoms with Gasteiger partial charge in [0, 0.05) is 11.3 Å². The maximum absolute atomic E-state index is 11.8. The molecule has 1 aromatic carbocycles. The molecule has 19 heavy (non-hydrogen) atoms. The van der Waals surface area contributed by atoms with Crippen molar-refractivity contribution < 1.29 is 18.8 Å². The van der Waals surface area contributed by atoms with Crippen LogP contribution in [0, 0.1) is 0 Å². The third-order valence-corrected chi connectivity index (χ3v) is 2.45. The summed E-state index contributed by atoms with van der Waals surface area (Å²) in [5, 5.41) is 6.14. The van der Waals surface area contributed by atoms with Crippen LogP contribution in [0.4, 0.5) is 5.69 Å². The second-order valence-electron chi connectivity index (χ2n) is 3.82. The van der Waals surface area contributed by atoms with Crippen LogP contribution < -0.4 is 10.1 Å². The van der Waals surface area contributed by atoms with Crippen molar-refractivity contribution in [3.63, 3.8) is 0 Å². The van der Waals surface area contributed by atoms with Crippen molar-refractivity contribution in [3.8, 4) is 5.88 Å². The Labute approximate surface area is 109 Å². The first-order chi connectivity index (χ1) is 9.10. The van der Waals surface area contributed by atoms with Crippen LogP contribution in [0.3, 0.4) is 0 Å². The first-order valence-electron chi connectivity index (χ1n) is 5.53. The van der Waals surface area contributed by atoms with Gasteiger partial charge in [0.05, 0.1) is 13.2 Å². The molecular formula is C13H12N2O4. The summed E-state index contributed by atoms with van der Waals surface area (Å²) in [6.45, 7) is 1.46. The molecule has 0 bridgehead atoms. The number of ether oxygens (including phenoxy) is 1. The van der Waals surface area contributed by atoms with E-state index in [1.807, 2.05) is 0 Å². The zero-order valence-corrected chi connectivity index (χ0v) is 10.5. The minimum atomic E-state index is -0.462. The van der Waals surface area contributed by atoms with Gasteiger partial charge in [-0.3, -0.25) is 9.59 Å². The predicted molar refractivity (Wildman–Crippen MR) is 67.5 cm³/mol. The van der Waals surface area contributed by atoms with E-state index in [4.69, 9.17) is 9.26 Å². The van der Waals surface area contributed by atoms with Crippen molar-refractivity contribution in [3.05, 3.63) is 41.7 Å². The highest BCUT2D eigenvalue weighted by Gasteiger charge is 2.13. The van der Waals surface area contributed by atoms with Gasteiger partial charge in [-0.05, 0) is 24.2 Å². The molecule has 0 fully saturated rings. The fraction of sp³-hybridized carbons (Fsp3) is 0.154. The number of ketones is 1. The first-order valence-corrected chi connectivity index (χ1v) is 5.53. The molecule has 0 unspecified atom stereocenters. The lowest BCUT2D eigenvalue weighted by molar-refractivity contribution is 0.0984. The molecule has 1 heterocycles. The van der Waals surface area contributed by atoms with Crippen molar-refractivity contribution in [2.75, 3.05) is 12.4 Å². The summed E-state index contributed by atoms with van der Waals surface area (Å²) in [4.78, 5) is 23.1. The monoisotopic (exact) mass is 260 g/mol. The Balaban J connectivity index is 2.14. The standard InChI is InChI=1S/C13H12N2O4/c1-8(16)9-4-3-5-10(6-9)14-13(17)11-7-12(18-2)15-19-11/h3-7H,1-2H3,(H,14,17). The molecular weight excluding hydrogens is 248 g/mol. The second kappa shape index (κ2) is 5.34. The summed E-state index contributed by atoms with van der Waals surface area (Å²) in [5.41, 5.74) is 1.03. The molecule has 0 aliphatic carbocycles. The van der Waals surface area contributed by atoms with E-state index >= 15 is 0 Å². The predicted octanol–water partition coefficient (Wildman–Crippen LogP) is 2.14. The van der Waals surface area contributed by atoms with Crippen LogP contribution in [0.15, 0.2) is 34.9 Å². The molecule has 0 saturated carbocycles. The molecule has 6 nitrogen and oxygen atoms in total. The smallest absolute Gasteiger partial charge is 0.294 e. The summed E-state index contributed by atoms with van der Waals surface area (Å²) < 4.78 is 9.63. The number of nitrogens with zero attached hydrogens (tertiary/aromatic N) is 1. The molecule has 0 saturated heterocycles. The van der Waals surface area contributed by atoms with E-state index in [-0.39, 0.29) is 17.4 Å². The molecule has 1 aromatic heterocycles. The largest absolute Gasteiger partial charge is 0.479 e. The van der Waals surface area contributed by atoms with E-state index in [1.54, 1.807) is 24.3 Å². The normalized spacial score (nSPS) is 10.0. The van der Waals surface area contributed by atoms with Gasteiger partial charge < -0.3 is 14.6 Å². The van der Waals surface area contributed by atoms with Gasteiger partial charge in [-0.25, -0.2) is 0 Å². The van der Waals surface area contributed by atoms with E-state index in [9.17, 15) is 9.59 Å². The quantitative estimate of drug-likeness (QED) is 0.852. The van der Waals surface area contributed by atoms with Crippen LogP contribution in [0.25, 0.3) is 0 Å². The lowest BCUT2D eigenvalue weighted by Gasteiger charge is -2.03. The maximum Gasteiger partial charge on any atom is 0.294 e. The molecule has 0 atom stereocenters. The number of aromatic nitrogens is 1. The van der Waals surface area contributed by atoms with Crippen LogP contribution in [-0.4, -0.2) is 24.0 Å². The van der Waals surface area contributed by atoms with Crippen LogP contribution in [0.1, 0.15) is 27.8 Å². The van der Waals surface area contributed by atoms with E-state index in [0.717, 1.165) is 0 Å². The molecule has 0 aliphatic heterocycles. The lowest BCUT2D eigenvalue weighted by atomic mass is 10.1. The second-order valence-corrected chi connectivity index (χ2v) is 3.82. The van der Waals surface area contributed by atoms with Crippen LogP contribution in [-0.2, 0) is 0 Å². The van der Waals surface area contributed by atoms with Gasteiger partial charge >= 0.3 is 0 Å². The number of amides is 1. The highest BCUT2D eigenvalue weighted by Crippen LogP contribution is 2.15. The lowest BCUT2D eigenvalue weighted by Crippen LogP contribution is -2.11. The van der Waals surface area contributed by atoms with Gasteiger partial charge in [0.2, 0.25) is 5.76 Å².